The third-order valence-electron chi connectivity index (χ3n) is 5.13. The molecule has 1 N–H and O–H groups in total. The first kappa shape index (κ1) is 17.1. The first-order chi connectivity index (χ1) is 11.2. The highest BCUT2D eigenvalue weighted by atomic mass is 19.3. The topological polar surface area (TPSA) is 53.4 Å². The molecule has 0 spiro atoms. The van der Waals surface area contributed by atoms with Gasteiger partial charge in [-0.2, -0.15) is 0 Å². The summed E-state index contributed by atoms with van der Waals surface area (Å²) in [5.41, 5.74) is 2.17. The lowest BCUT2D eigenvalue weighted by molar-refractivity contribution is -0.0102. The minimum absolute atomic E-state index is 0.136. The Bertz CT molecular complexity index is 659. The Morgan fingerprint density at radius 2 is 2.00 bits per heavy atom. The van der Waals surface area contributed by atoms with Gasteiger partial charge in [-0.3, -0.25) is 0 Å². The second kappa shape index (κ2) is 5.97. The molecule has 2 heterocycles. The van der Waals surface area contributed by atoms with Gasteiger partial charge < -0.3 is 10.0 Å². The van der Waals surface area contributed by atoms with Gasteiger partial charge in [0.05, 0.1) is 0 Å². The zero-order valence-electron chi connectivity index (χ0n) is 14.2. The van der Waals surface area contributed by atoms with Crippen LogP contribution >= 0.6 is 0 Å². The van der Waals surface area contributed by atoms with E-state index in [1.165, 1.54) is 0 Å². The van der Waals surface area contributed by atoms with Gasteiger partial charge in [-0.1, -0.05) is 13.8 Å². The number of hydrogen-bond donors (Lipinski definition) is 1. The van der Waals surface area contributed by atoms with Gasteiger partial charge in [0.15, 0.2) is 0 Å². The number of aromatic nitrogens is 1. The molecule has 1 fully saturated rings. The predicted octanol–water partition coefficient (Wildman–Crippen LogP) is 3.92. The maximum absolute atomic E-state index is 13.6. The van der Waals surface area contributed by atoms with E-state index in [1.54, 1.807) is 11.0 Å². The van der Waals surface area contributed by atoms with Gasteiger partial charge in [0.2, 0.25) is 5.92 Å². The summed E-state index contributed by atoms with van der Waals surface area (Å²) in [6.45, 7) is 4.90. The SMILES string of the molecule is CC1(C)CCc2nc(N3CCCC(F)(F)CC3)c(C(=O)O)cc2C1. The van der Waals surface area contributed by atoms with Crippen LogP contribution in [0.3, 0.4) is 0 Å². The zero-order valence-corrected chi connectivity index (χ0v) is 14.2. The Balaban J connectivity index is 1.97. The fraction of sp³-hybridized carbons (Fsp3) is 0.667. The van der Waals surface area contributed by atoms with E-state index in [9.17, 15) is 18.7 Å². The number of carbonyl (C=O) groups is 1. The molecule has 0 atom stereocenters. The summed E-state index contributed by atoms with van der Waals surface area (Å²) in [7, 11) is 0. The van der Waals surface area contributed by atoms with Crippen LogP contribution in [0.25, 0.3) is 0 Å². The highest BCUT2D eigenvalue weighted by Gasteiger charge is 2.34. The molecular formula is C18H24F2N2O2. The summed E-state index contributed by atoms with van der Waals surface area (Å²) >= 11 is 0. The molecule has 0 unspecified atom stereocenters. The summed E-state index contributed by atoms with van der Waals surface area (Å²) in [5.74, 6) is -3.35. The number of rotatable bonds is 2. The molecule has 24 heavy (non-hydrogen) atoms. The van der Waals surface area contributed by atoms with Gasteiger partial charge in [-0.25, -0.2) is 18.6 Å². The Morgan fingerprint density at radius 1 is 1.25 bits per heavy atom. The summed E-state index contributed by atoms with van der Waals surface area (Å²) in [6.07, 6.45) is 2.55. The van der Waals surface area contributed by atoms with E-state index >= 15 is 0 Å². The molecule has 1 aliphatic carbocycles. The summed E-state index contributed by atoms with van der Waals surface area (Å²) < 4.78 is 27.2. The minimum Gasteiger partial charge on any atom is -0.478 e. The quantitative estimate of drug-likeness (QED) is 0.888. The smallest absolute Gasteiger partial charge is 0.339 e. The van der Waals surface area contributed by atoms with Gasteiger partial charge in [0, 0.05) is 31.6 Å². The van der Waals surface area contributed by atoms with Crippen LogP contribution in [-0.4, -0.2) is 35.1 Å². The third kappa shape index (κ3) is 3.52. The van der Waals surface area contributed by atoms with Crippen molar-refractivity contribution in [3.05, 3.63) is 22.9 Å². The van der Waals surface area contributed by atoms with Gasteiger partial charge in [0.1, 0.15) is 11.4 Å². The molecule has 3 rings (SSSR count). The number of halogens is 2. The van der Waals surface area contributed by atoms with Crippen molar-refractivity contribution < 1.29 is 18.7 Å². The van der Waals surface area contributed by atoms with Crippen LogP contribution in [-0.2, 0) is 12.8 Å². The normalized spacial score (nSPS) is 22.6. The predicted molar refractivity (Wildman–Crippen MR) is 88.0 cm³/mol. The third-order valence-corrected chi connectivity index (χ3v) is 5.13. The van der Waals surface area contributed by atoms with Gasteiger partial charge in [0.25, 0.3) is 0 Å². The lowest BCUT2D eigenvalue weighted by Gasteiger charge is -2.32. The van der Waals surface area contributed by atoms with Crippen molar-refractivity contribution in [2.45, 2.75) is 58.3 Å². The van der Waals surface area contributed by atoms with Crippen molar-refractivity contribution in [2.24, 2.45) is 5.41 Å². The highest BCUT2D eigenvalue weighted by molar-refractivity contribution is 5.93. The molecule has 2 aliphatic rings. The van der Waals surface area contributed by atoms with Crippen molar-refractivity contribution in [2.75, 3.05) is 18.0 Å². The second-order valence-electron chi connectivity index (χ2n) is 7.81. The number of nitrogens with zero attached hydrogens (tertiary/aromatic N) is 2. The zero-order chi connectivity index (χ0) is 17.5. The number of aromatic carboxylic acids is 1. The van der Waals surface area contributed by atoms with Crippen molar-refractivity contribution >= 4 is 11.8 Å². The first-order valence-corrected chi connectivity index (χ1v) is 8.56. The molecular weight excluding hydrogens is 314 g/mol. The van der Waals surface area contributed by atoms with E-state index in [1.807, 2.05) is 0 Å². The maximum atomic E-state index is 13.6. The molecule has 1 aliphatic heterocycles. The number of hydrogen-bond acceptors (Lipinski definition) is 3. The van der Waals surface area contributed by atoms with E-state index in [4.69, 9.17) is 0 Å². The van der Waals surface area contributed by atoms with E-state index < -0.39 is 11.9 Å². The van der Waals surface area contributed by atoms with E-state index in [0.717, 1.165) is 30.5 Å². The van der Waals surface area contributed by atoms with E-state index in [2.05, 4.69) is 18.8 Å². The molecule has 0 bridgehead atoms. The summed E-state index contributed by atoms with van der Waals surface area (Å²) in [4.78, 5) is 18.0. The summed E-state index contributed by atoms with van der Waals surface area (Å²) in [5, 5.41) is 9.59. The Labute approximate surface area is 140 Å². The van der Waals surface area contributed by atoms with Gasteiger partial charge >= 0.3 is 5.97 Å². The van der Waals surface area contributed by atoms with Crippen LogP contribution in [0.1, 0.15) is 61.1 Å². The van der Waals surface area contributed by atoms with E-state index in [0.29, 0.717) is 18.8 Å². The van der Waals surface area contributed by atoms with Crippen molar-refractivity contribution in [3.8, 4) is 0 Å². The number of aryl methyl sites for hydroxylation is 1. The Hall–Kier alpha value is -1.72. The van der Waals surface area contributed by atoms with Crippen LogP contribution < -0.4 is 4.90 Å². The van der Waals surface area contributed by atoms with Crippen molar-refractivity contribution in [1.82, 2.24) is 4.98 Å². The lowest BCUT2D eigenvalue weighted by atomic mass is 9.76. The molecule has 1 aromatic rings. The second-order valence-corrected chi connectivity index (χ2v) is 7.81. The molecule has 1 saturated heterocycles. The number of carboxylic acids is 1. The molecule has 1 aromatic heterocycles. The van der Waals surface area contributed by atoms with E-state index in [-0.39, 0.29) is 30.4 Å². The standard InChI is InChI=1S/C18H24F2N2O2/c1-17(2)6-4-14-12(11-17)10-13(16(23)24)15(21-14)22-8-3-5-18(19,20)7-9-22/h10H,3-9,11H2,1-2H3,(H,23,24). The number of anilines is 1. The number of fused-ring (bicyclic) bond motifs is 1. The fourth-order valence-corrected chi connectivity index (χ4v) is 3.69. The summed E-state index contributed by atoms with van der Waals surface area (Å²) in [6, 6.07) is 1.71. The van der Waals surface area contributed by atoms with Gasteiger partial charge in [-0.05, 0) is 42.7 Å². The number of carboxylic acid groups (broad SMARTS) is 1. The van der Waals surface area contributed by atoms with Gasteiger partial charge in [-0.15, -0.1) is 0 Å². The average Bonchev–Trinajstić information content (AvgIpc) is 2.66. The Morgan fingerprint density at radius 3 is 2.71 bits per heavy atom. The monoisotopic (exact) mass is 338 g/mol. The van der Waals surface area contributed by atoms with Crippen LogP contribution in [0.2, 0.25) is 0 Å². The molecule has 0 saturated carbocycles. The minimum atomic E-state index is -2.67. The Kier molecular flexibility index (Phi) is 4.26. The molecule has 0 aromatic carbocycles. The first-order valence-electron chi connectivity index (χ1n) is 8.56. The van der Waals surface area contributed by atoms with Crippen LogP contribution in [0.15, 0.2) is 6.07 Å². The lowest BCUT2D eigenvalue weighted by Crippen LogP contribution is -2.30. The van der Waals surface area contributed by atoms with Crippen molar-refractivity contribution in [1.29, 1.82) is 0 Å². The molecule has 6 heteroatoms. The maximum Gasteiger partial charge on any atom is 0.339 e. The largest absolute Gasteiger partial charge is 0.478 e. The number of pyridine rings is 1. The van der Waals surface area contributed by atoms with Crippen LogP contribution in [0, 0.1) is 5.41 Å². The molecule has 0 amide bonds. The van der Waals surface area contributed by atoms with Crippen LogP contribution in [0.5, 0.6) is 0 Å². The average molecular weight is 338 g/mol. The van der Waals surface area contributed by atoms with Crippen LogP contribution in [0.4, 0.5) is 14.6 Å². The molecule has 132 valence electrons. The highest BCUT2D eigenvalue weighted by Crippen LogP contribution is 2.37. The molecule has 0 radical (unpaired) electrons. The molecule has 4 nitrogen and oxygen atoms in total. The van der Waals surface area contributed by atoms with Crippen molar-refractivity contribution in [3.63, 3.8) is 0 Å². The fourth-order valence-electron chi connectivity index (χ4n) is 3.69. The number of alkyl halides is 2.